The lowest BCUT2D eigenvalue weighted by Crippen LogP contribution is -2.49. The van der Waals surface area contributed by atoms with Gasteiger partial charge in [0.1, 0.15) is 12.1 Å². The average molecular weight is 433 g/mol. The van der Waals surface area contributed by atoms with E-state index in [-0.39, 0.29) is 11.9 Å². The minimum Gasteiger partial charge on any atom is -0.362 e. The van der Waals surface area contributed by atoms with Crippen molar-refractivity contribution in [1.82, 2.24) is 9.88 Å². The second-order valence-electron chi connectivity index (χ2n) is 9.71. The molecule has 3 aliphatic rings. The van der Waals surface area contributed by atoms with Crippen molar-refractivity contribution in [1.29, 1.82) is 0 Å². The van der Waals surface area contributed by atoms with Crippen LogP contribution in [0.2, 0.25) is 0 Å². The molecule has 0 spiro atoms. The summed E-state index contributed by atoms with van der Waals surface area (Å²) in [5.74, 6) is 2.35. The standard InChI is InChI=1S/C26H32N4O2/c1-18-13-24(17-31)30(16-18)23-7-5-21(6-8-23)26(32)29-11-9-28(10-12-29)25-19(2)14-22(15-27-25)20-3-4-20/h5-8,14-15,17-18,20,24H,3-4,9-13,16H2,1-2H3. The van der Waals surface area contributed by atoms with Crippen LogP contribution in [0, 0.1) is 12.8 Å². The van der Waals surface area contributed by atoms with Crippen LogP contribution in [0.15, 0.2) is 36.5 Å². The maximum atomic E-state index is 13.1. The number of aryl methyl sites for hydroxylation is 1. The fourth-order valence-corrected chi connectivity index (χ4v) is 5.17. The third-order valence-corrected chi connectivity index (χ3v) is 7.14. The number of nitrogens with zero attached hydrogens (tertiary/aromatic N) is 4. The van der Waals surface area contributed by atoms with Gasteiger partial charge < -0.3 is 19.5 Å². The van der Waals surface area contributed by atoms with E-state index < -0.39 is 0 Å². The Balaban J connectivity index is 1.20. The molecule has 0 bridgehead atoms. The second kappa shape index (κ2) is 8.57. The number of anilines is 2. The molecular weight excluding hydrogens is 400 g/mol. The number of carbonyl (C=O) groups excluding carboxylic acids is 2. The number of piperazine rings is 1. The highest BCUT2D eigenvalue weighted by Gasteiger charge is 2.30. The molecule has 6 nitrogen and oxygen atoms in total. The summed E-state index contributed by atoms with van der Waals surface area (Å²) in [5, 5.41) is 0. The lowest BCUT2D eigenvalue weighted by Gasteiger charge is -2.36. The van der Waals surface area contributed by atoms with E-state index in [1.165, 1.54) is 24.0 Å². The van der Waals surface area contributed by atoms with Crippen LogP contribution in [-0.4, -0.2) is 60.8 Å². The first-order valence-electron chi connectivity index (χ1n) is 11.9. The fraction of sp³-hybridized carbons (Fsp3) is 0.500. The SMILES string of the molecule is Cc1cc(C2CC2)cnc1N1CCN(C(=O)c2ccc(N3CC(C)CC3C=O)cc2)CC1. The van der Waals surface area contributed by atoms with E-state index in [2.05, 4.69) is 29.7 Å². The number of aldehydes is 1. The molecule has 5 rings (SSSR count). The third-order valence-electron chi connectivity index (χ3n) is 7.14. The van der Waals surface area contributed by atoms with Gasteiger partial charge in [-0.25, -0.2) is 4.98 Å². The fourth-order valence-electron chi connectivity index (χ4n) is 5.17. The van der Waals surface area contributed by atoms with Gasteiger partial charge >= 0.3 is 0 Å². The van der Waals surface area contributed by atoms with Crippen molar-refractivity contribution in [2.24, 2.45) is 5.92 Å². The maximum absolute atomic E-state index is 13.1. The molecule has 1 aromatic carbocycles. The number of rotatable bonds is 5. The summed E-state index contributed by atoms with van der Waals surface area (Å²) in [6.07, 6.45) is 6.55. The molecule has 2 aliphatic heterocycles. The van der Waals surface area contributed by atoms with Gasteiger partial charge in [0, 0.05) is 50.2 Å². The Hall–Kier alpha value is -2.89. The van der Waals surface area contributed by atoms with Gasteiger partial charge in [0.25, 0.3) is 5.91 Å². The largest absolute Gasteiger partial charge is 0.362 e. The van der Waals surface area contributed by atoms with E-state index in [0.717, 1.165) is 43.8 Å². The Morgan fingerprint density at radius 2 is 1.81 bits per heavy atom. The Kier molecular flexibility index (Phi) is 5.62. The van der Waals surface area contributed by atoms with E-state index in [1.54, 1.807) is 0 Å². The lowest BCUT2D eigenvalue weighted by atomic mass is 10.1. The van der Waals surface area contributed by atoms with Gasteiger partial charge in [-0.2, -0.15) is 0 Å². The molecule has 1 aromatic heterocycles. The molecular formula is C26H32N4O2. The van der Waals surface area contributed by atoms with Crippen molar-refractivity contribution in [2.45, 2.75) is 45.1 Å². The molecule has 6 heteroatoms. The van der Waals surface area contributed by atoms with Crippen molar-refractivity contribution in [3.63, 3.8) is 0 Å². The van der Waals surface area contributed by atoms with Crippen molar-refractivity contribution in [3.8, 4) is 0 Å². The normalized spacial score (nSPS) is 23.5. The van der Waals surface area contributed by atoms with Crippen molar-refractivity contribution in [3.05, 3.63) is 53.2 Å². The molecule has 1 saturated carbocycles. The molecule has 0 radical (unpaired) electrons. The molecule has 2 saturated heterocycles. The van der Waals surface area contributed by atoms with Gasteiger partial charge in [-0.1, -0.05) is 13.0 Å². The Morgan fingerprint density at radius 1 is 1.09 bits per heavy atom. The molecule has 2 atom stereocenters. The molecule has 2 aromatic rings. The van der Waals surface area contributed by atoms with Gasteiger partial charge in [-0.3, -0.25) is 4.79 Å². The number of benzene rings is 1. The van der Waals surface area contributed by atoms with Gasteiger partial charge in [-0.05, 0) is 73.4 Å². The topological polar surface area (TPSA) is 56.8 Å². The number of pyridine rings is 1. The monoisotopic (exact) mass is 432 g/mol. The van der Waals surface area contributed by atoms with Gasteiger partial charge in [0.05, 0.1) is 6.04 Å². The van der Waals surface area contributed by atoms with Crippen molar-refractivity contribution in [2.75, 3.05) is 42.5 Å². The summed E-state index contributed by atoms with van der Waals surface area (Å²) in [7, 11) is 0. The van der Waals surface area contributed by atoms with E-state index in [4.69, 9.17) is 4.98 Å². The van der Waals surface area contributed by atoms with Crippen LogP contribution in [0.25, 0.3) is 0 Å². The number of hydrogen-bond donors (Lipinski definition) is 0. The molecule has 0 N–H and O–H groups in total. The van der Waals surface area contributed by atoms with E-state index >= 15 is 0 Å². The minimum atomic E-state index is -0.0602. The predicted octanol–water partition coefficient (Wildman–Crippen LogP) is 3.64. The number of aromatic nitrogens is 1. The molecule has 32 heavy (non-hydrogen) atoms. The maximum Gasteiger partial charge on any atom is 0.253 e. The summed E-state index contributed by atoms with van der Waals surface area (Å²) < 4.78 is 0. The highest BCUT2D eigenvalue weighted by molar-refractivity contribution is 5.94. The van der Waals surface area contributed by atoms with Crippen molar-refractivity contribution < 1.29 is 9.59 Å². The zero-order chi connectivity index (χ0) is 22.2. The first-order valence-corrected chi connectivity index (χ1v) is 11.9. The first-order chi connectivity index (χ1) is 15.5. The molecule has 2 unspecified atom stereocenters. The number of amides is 1. The molecule has 3 fully saturated rings. The summed E-state index contributed by atoms with van der Waals surface area (Å²) in [6.45, 7) is 8.19. The Morgan fingerprint density at radius 3 is 2.44 bits per heavy atom. The second-order valence-corrected chi connectivity index (χ2v) is 9.71. The minimum absolute atomic E-state index is 0.0602. The van der Waals surface area contributed by atoms with Crippen LogP contribution in [0.3, 0.4) is 0 Å². The van der Waals surface area contributed by atoms with Gasteiger partial charge in [-0.15, -0.1) is 0 Å². The van der Waals surface area contributed by atoms with Crippen molar-refractivity contribution >= 4 is 23.7 Å². The summed E-state index contributed by atoms with van der Waals surface area (Å²) in [5.41, 5.74) is 4.32. The molecule has 1 amide bonds. The van der Waals surface area contributed by atoms with Crippen LogP contribution in [0.4, 0.5) is 11.5 Å². The van der Waals surface area contributed by atoms with Crippen LogP contribution >= 0.6 is 0 Å². The lowest BCUT2D eigenvalue weighted by molar-refractivity contribution is -0.108. The van der Waals surface area contributed by atoms with Crippen LogP contribution in [-0.2, 0) is 4.79 Å². The van der Waals surface area contributed by atoms with Gasteiger partial charge in [0.15, 0.2) is 0 Å². The Bertz CT molecular complexity index is 993. The smallest absolute Gasteiger partial charge is 0.253 e. The number of carbonyl (C=O) groups is 2. The number of hydrogen-bond acceptors (Lipinski definition) is 5. The van der Waals surface area contributed by atoms with E-state index in [0.29, 0.717) is 30.5 Å². The third kappa shape index (κ3) is 4.10. The first kappa shape index (κ1) is 21.0. The van der Waals surface area contributed by atoms with E-state index in [9.17, 15) is 9.59 Å². The van der Waals surface area contributed by atoms with E-state index in [1.807, 2.05) is 35.4 Å². The highest BCUT2D eigenvalue weighted by Crippen LogP contribution is 2.40. The predicted molar refractivity (Wildman–Crippen MR) is 126 cm³/mol. The van der Waals surface area contributed by atoms with Gasteiger partial charge in [0.2, 0.25) is 0 Å². The summed E-state index contributed by atoms with van der Waals surface area (Å²) in [4.78, 5) is 35.6. The van der Waals surface area contributed by atoms with Crippen LogP contribution in [0.5, 0.6) is 0 Å². The molecule has 1 aliphatic carbocycles. The summed E-state index contributed by atoms with van der Waals surface area (Å²) in [6, 6.07) is 9.98. The zero-order valence-electron chi connectivity index (χ0n) is 19.0. The van der Waals surface area contributed by atoms with Crippen LogP contribution < -0.4 is 9.80 Å². The Labute approximate surface area is 190 Å². The molecule has 3 heterocycles. The zero-order valence-corrected chi connectivity index (χ0v) is 19.0. The van der Waals surface area contributed by atoms with Crippen LogP contribution in [0.1, 0.15) is 53.6 Å². The summed E-state index contributed by atoms with van der Waals surface area (Å²) >= 11 is 0. The molecule has 168 valence electrons. The average Bonchev–Trinajstić information content (AvgIpc) is 3.60. The quantitative estimate of drug-likeness (QED) is 0.675. The highest BCUT2D eigenvalue weighted by atomic mass is 16.2.